The lowest BCUT2D eigenvalue weighted by molar-refractivity contribution is -0.132. The van der Waals surface area contributed by atoms with E-state index in [1.807, 2.05) is 0 Å². The van der Waals surface area contributed by atoms with Crippen molar-refractivity contribution in [2.75, 3.05) is 13.1 Å². The fourth-order valence-electron chi connectivity index (χ4n) is 1.79. The molecule has 16 heavy (non-hydrogen) atoms. The van der Waals surface area contributed by atoms with Gasteiger partial charge in [0.2, 0.25) is 11.8 Å². The van der Waals surface area contributed by atoms with Crippen molar-refractivity contribution in [2.24, 2.45) is 16.1 Å². The van der Waals surface area contributed by atoms with Crippen LogP contribution in [0.15, 0.2) is 4.99 Å². The van der Waals surface area contributed by atoms with Gasteiger partial charge in [0.15, 0.2) is 0 Å². The predicted octanol–water partition coefficient (Wildman–Crippen LogP) is 0.190. The molecular weight excluding hydrogens is 206 g/mol. The highest BCUT2D eigenvalue weighted by Crippen LogP contribution is 2.24. The van der Waals surface area contributed by atoms with Crippen LogP contribution in [0.1, 0.15) is 27.2 Å². The Morgan fingerprint density at radius 2 is 2.19 bits per heavy atom. The molecule has 1 aliphatic heterocycles. The summed E-state index contributed by atoms with van der Waals surface area (Å²) in [6, 6.07) is -0.117. The summed E-state index contributed by atoms with van der Waals surface area (Å²) >= 11 is 0. The summed E-state index contributed by atoms with van der Waals surface area (Å²) in [5, 5.41) is 0. The van der Waals surface area contributed by atoms with Gasteiger partial charge in [-0.1, -0.05) is 13.8 Å². The van der Waals surface area contributed by atoms with Crippen LogP contribution in [-0.2, 0) is 9.59 Å². The summed E-state index contributed by atoms with van der Waals surface area (Å²) in [6.07, 6.45) is 2.26. The summed E-state index contributed by atoms with van der Waals surface area (Å²) in [4.78, 5) is 28.6. The Hall–Kier alpha value is -1.39. The van der Waals surface area contributed by atoms with Gasteiger partial charge in [-0.15, -0.1) is 0 Å². The van der Waals surface area contributed by atoms with Gasteiger partial charge >= 0.3 is 0 Å². The predicted molar refractivity (Wildman–Crippen MR) is 62.1 cm³/mol. The summed E-state index contributed by atoms with van der Waals surface area (Å²) in [5.41, 5.74) is 4.70. The normalized spacial score (nSPS) is 20.9. The molecule has 2 N–H and O–H groups in total. The van der Waals surface area contributed by atoms with Gasteiger partial charge in [0.1, 0.15) is 0 Å². The molecule has 1 heterocycles. The monoisotopic (exact) mass is 225 g/mol. The number of rotatable bonds is 3. The molecule has 0 saturated heterocycles. The number of hydrogen-bond acceptors (Lipinski definition) is 3. The highest BCUT2D eigenvalue weighted by atomic mass is 16.2. The molecule has 1 unspecified atom stereocenters. The molecule has 2 amide bonds. The number of carbonyl (C=O) groups is 2. The van der Waals surface area contributed by atoms with Crippen molar-refractivity contribution < 1.29 is 9.59 Å². The third-order valence-electron chi connectivity index (χ3n) is 2.94. The largest absolute Gasteiger partial charge is 0.369 e. The smallest absolute Gasteiger partial charge is 0.223 e. The number of carbonyl (C=O) groups excluding carboxylic acids is 2. The average Bonchev–Trinajstić information content (AvgIpc) is 2.17. The molecule has 5 nitrogen and oxygen atoms in total. The standard InChI is InChI=1S/C11H19N3O2/c1-8(15)14-5-4-13-7-9(14)6-11(2,3)10(12)16/h7,9H,4-6H2,1-3H3,(H2,12,16). The maximum atomic E-state index is 11.4. The lowest BCUT2D eigenvalue weighted by Crippen LogP contribution is -2.48. The Morgan fingerprint density at radius 1 is 1.56 bits per heavy atom. The van der Waals surface area contributed by atoms with E-state index in [9.17, 15) is 9.59 Å². The van der Waals surface area contributed by atoms with E-state index in [0.717, 1.165) is 0 Å². The molecule has 90 valence electrons. The van der Waals surface area contributed by atoms with Crippen molar-refractivity contribution in [1.29, 1.82) is 0 Å². The van der Waals surface area contributed by atoms with E-state index in [0.29, 0.717) is 19.5 Å². The van der Waals surface area contributed by atoms with Crippen LogP contribution < -0.4 is 5.73 Å². The molecule has 0 bridgehead atoms. The second-order valence-corrected chi connectivity index (χ2v) is 4.79. The number of nitrogens with two attached hydrogens (primary N) is 1. The molecule has 0 spiro atoms. The van der Waals surface area contributed by atoms with Gasteiger partial charge in [-0.2, -0.15) is 0 Å². The quantitative estimate of drug-likeness (QED) is 0.744. The van der Waals surface area contributed by atoms with Gasteiger partial charge in [-0.05, 0) is 6.42 Å². The van der Waals surface area contributed by atoms with Crippen LogP contribution in [-0.4, -0.2) is 42.1 Å². The Bertz CT molecular complexity index is 323. The first-order valence-electron chi connectivity index (χ1n) is 5.41. The molecule has 0 aromatic rings. The van der Waals surface area contributed by atoms with Crippen molar-refractivity contribution >= 4 is 18.0 Å². The molecular formula is C11H19N3O2. The van der Waals surface area contributed by atoms with Crippen molar-refractivity contribution in [3.05, 3.63) is 0 Å². The molecule has 0 fully saturated rings. The van der Waals surface area contributed by atoms with Gasteiger partial charge in [-0.3, -0.25) is 14.6 Å². The number of amides is 2. The second-order valence-electron chi connectivity index (χ2n) is 4.79. The van der Waals surface area contributed by atoms with Crippen molar-refractivity contribution in [3.8, 4) is 0 Å². The van der Waals surface area contributed by atoms with E-state index >= 15 is 0 Å². The topological polar surface area (TPSA) is 75.8 Å². The van der Waals surface area contributed by atoms with E-state index in [4.69, 9.17) is 5.73 Å². The second kappa shape index (κ2) is 4.63. The highest BCUT2D eigenvalue weighted by Gasteiger charge is 2.32. The van der Waals surface area contributed by atoms with Crippen LogP contribution in [0, 0.1) is 5.41 Å². The minimum absolute atomic E-state index is 0.0106. The Kier molecular flexibility index (Phi) is 3.67. The zero-order valence-corrected chi connectivity index (χ0v) is 10.1. The fraction of sp³-hybridized carbons (Fsp3) is 0.727. The molecule has 1 atom stereocenters. The maximum absolute atomic E-state index is 11.4. The Balaban J connectivity index is 2.78. The molecule has 0 aromatic heterocycles. The number of primary amides is 1. The maximum Gasteiger partial charge on any atom is 0.223 e. The lowest BCUT2D eigenvalue weighted by atomic mass is 9.84. The van der Waals surface area contributed by atoms with Crippen molar-refractivity contribution in [3.63, 3.8) is 0 Å². The fourth-order valence-corrected chi connectivity index (χ4v) is 1.79. The summed E-state index contributed by atoms with van der Waals surface area (Å²) < 4.78 is 0. The van der Waals surface area contributed by atoms with E-state index in [1.165, 1.54) is 6.92 Å². The minimum Gasteiger partial charge on any atom is -0.369 e. The molecule has 1 aliphatic rings. The van der Waals surface area contributed by atoms with Gasteiger partial charge in [-0.25, -0.2) is 0 Å². The van der Waals surface area contributed by atoms with E-state index < -0.39 is 5.41 Å². The average molecular weight is 225 g/mol. The number of aliphatic imine (C=N–C) groups is 1. The minimum atomic E-state index is -0.623. The lowest BCUT2D eigenvalue weighted by Gasteiger charge is -2.35. The van der Waals surface area contributed by atoms with E-state index in [1.54, 1.807) is 25.0 Å². The highest BCUT2D eigenvalue weighted by molar-refractivity contribution is 5.83. The molecule has 5 heteroatoms. The van der Waals surface area contributed by atoms with Gasteiger partial charge in [0.25, 0.3) is 0 Å². The first kappa shape index (κ1) is 12.7. The summed E-state index contributed by atoms with van der Waals surface area (Å²) in [7, 11) is 0. The van der Waals surface area contributed by atoms with Crippen LogP contribution in [0.4, 0.5) is 0 Å². The van der Waals surface area contributed by atoms with Crippen molar-refractivity contribution in [1.82, 2.24) is 4.90 Å². The van der Waals surface area contributed by atoms with Crippen molar-refractivity contribution in [2.45, 2.75) is 33.2 Å². The van der Waals surface area contributed by atoms with Crippen LogP contribution in [0.2, 0.25) is 0 Å². The van der Waals surface area contributed by atoms with E-state index in [-0.39, 0.29) is 17.9 Å². The number of nitrogens with zero attached hydrogens (tertiary/aromatic N) is 2. The van der Waals surface area contributed by atoms with Crippen LogP contribution in [0.25, 0.3) is 0 Å². The van der Waals surface area contributed by atoms with E-state index in [2.05, 4.69) is 4.99 Å². The van der Waals surface area contributed by atoms with Crippen LogP contribution in [0.5, 0.6) is 0 Å². The molecule has 0 aliphatic carbocycles. The number of hydrogen-bond donors (Lipinski definition) is 1. The molecule has 0 radical (unpaired) electrons. The Labute approximate surface area is 95.7 Å². The first-order valence-corrected chi connectivity index (χ1v) is 5.41. The summed E-state index contributed by atoms with van der Waals surface area (Å²) in [6.45, 7) is 6.36. The Morgan fingerprint density at radius 3 is 2.69 bits per heavy atom. The molecule has 0 saturated carbocycles. The molecule has 1 rings (SSSR count). The zero-order chi connectivity index (χ0) is 12.3. The third kappa shape index (κ3) is 2.81. The zero-order valence-electron chi connectivity index (χ0n) is 10.1. The van der Waals surface area contributed by atoms with Gasteiger partial charge in [0.05, 0.1) is 12.6 Å². The molecule has 0 aromatic carbocycles. The third-order valence-corrected chi connectivity index (χ3v) is 2.94. The first-order chi connectivity index (χ1) is 7.34. The van der Waals surface area contributed by atoms with Crippen LogP contribution in [0.3, 0.4) is 0 Å². The van der Waals surface area contributed by atoms with Crippen LogP contribution >= 0.6 is 0 Å². The van der Waals surface area contributed by atoms with Gasteiger partial charge < -0.3 is 10.6 Å². The summed E-state index contributed by atoms with van der Waals surface area (Å²) in [5.74, 6) is -0.341. The van der Waals surface area contributed by atoms with Gasteiger partial charge in [0, 0.05) is 25.1 Å². The SMILES string of the molecule is CC(=O)N1CCN=CC1CC(C)(C)C(N)=O.